The van der Waals surface area contributed by atoms with Gasteiger partial charge in [0.1, 0.15) is 11.6 Å². The second-order valence-corrected chi connectivity index (χ2v) is 12.7. The van der Waals surface area contributed by atoms with Gasteiger partial charge < -0.3 is 4.57 Å². The van der Waals surface area contributed by atoms with Gasteiger partial charge in [-0.15, -0.1) is 0 Å². The smallest absolute Gasteiger partial charge is 0.197 e. The lowest BCUT2D eigenvalue weighted by atomic mass is 10.4. The van der Waals surface area contributed by atoms with Gasteiger partial charge in [0.05, 0.1) is 0 Å². The van der Waals surface area contributed by atoms with Crippen LogP contribution in [0.2, 0.25) is 0 Å². The highest BCUT2D eigenvalue weighted by Gasteiger charge is 2.19. The minimum Gasteiger partial charge on any atom is -0.300 e. The van der Waals surface area contributed by atoms with Crippen molar-refractivity contribution >= 4 is 28.3 Å². The molecule has 100 valence electrons. The number of benzene rings is 2. The van der Waals surface area contributed by atoms with Gasteiger partial charge >= 0.3 is 0 Å². The average molecular weight is 316 g/mol. The fraction of sp³-hybridized carbons (Fsp3) is 0.0769. The van der Waals surface area contributed by atoms with E-state index in [0.29, 0.717) is 0 Å². The first kappa shape index (κ1) is 14.6. The minimum absolute atomic E-state index is 0.318. The van der Waals surface area contributed by atoms with Crippen LogP contribution in [0.4, 0.5) is 8.78 Å². The van der Waals surface area contributed by atoms with Crippen LogP contribution in [0.25, 0.3) is 0 Å². The predicted octanol–water partition coefficient (Wildman–Crippen LogP) is 5.67. The summed E-state index contributed by atoms with van der Waals surface area (Å²) in [5.74, 6) is -0.636. The standard InChI is InChI=1S/C13H11F2OPS2/c1-17(16,18-12-6-2-10(14)3-7-12)19-13-8-4-11(15)5-9-13/h2-9H,1H3. The van der Waals surface area contributed by atoms with E-state index in [2.05, 4.69) is 0 Å². The van der Waals surface area contributed by atoms with Crippen molar-refractivity contribution in [3.63, 3.8) is 0 Å². The van der Waals surface area contributed by atoms with Crippen molar-refractivity contribution in [3.8, 4) is 0 Å². The van der Waals surface area contributed by atoms with Crippen LogP contribution in [0, 0.1) is 11.6 Å². The summed E-state index contributed by atoms with van der Waals surface area (Å²) in [5, 5.41) is 0. The van der Waals surface area contributed by atoms with E-state index in [0.717, 1.165) is 9.79 Å². The van der Waals surface area contributed by atoms with E-state index in [1.54, 1.807) is 30.9 Å². The summed E-state index contributed by atoms with van der Waals surface area (Å²) in [6.45, 7) is 1.65. The Labute approximate surface area is 118 Å². The number of halogens is 2. The zero-order valence-electron chi connectivity index (χ0n) is 10.0. The molecule has 0 radical (unpaired) electrons. The molecule has 1 nitrogen and oxygen atoms in total. The fourth-order valence-electron chi connectivity index (χ4n) is 1.39. The average Bonchev–Trinajstić information content (AvgIpc) is 2.34. The van der Waals surface area contributed by atoms with E-state index >= 15 is 0 Å². The zero-order valence-corrected chi connectivity index (χ0v) is 12.6. The van der Waals surface area contributed by atoms with Gasteiger partial charge in [-0.05, 0) is 71.3 Å². The molecule has 0 aliphatic rings. The van der Waals surface area contributed by atoms with Crippen molar-refractivity contribution in [2.24, 2.45) is 0 Å². The molecule has 0 bridgehead atoms. The largest absolute Gasteiger partial charge is 0.300 e. The van der Waals surface area contributed by atoms with Crippen LogP contribution < -0.4 is 0 Å². The molecule has 0 aliphatic carbocycles. The van der Waals surface area contributed by atoms with Gasteiger partial charge in [0.15, 0.2) is 5.55 Å². The van der Waals surface area contributed by atoms with Crippen molar-refractivity contribution in [2.45, 2.75) is 9.79 Å². The van der Waals surface area contributed by atoms with Gasteiger partial charge in [-0.3, -0.25) is 0 Å². The molecule has 6 heteroatoms. The molecule has 0 N–H and O–H groups in total. The number of rotatable bonds is 4. The second kappa shape index (κ2) is 6.12. The SMILES string of the molecule is CP(=O)(Sc1ccc(F)cc1)Sc1ccc(F)cc1. The lowest BCUT2D eigenvalue weighted by Crippen LogP contribution is -1.76. The normalized spacial score (nSPS) is 11.5. The van der Waals surface area contributed by atoms with Crippen LogP contribution in [0.5, 0.6) is 0 Å². The fourth-order valence-corrected chi connectivity index (χ4v) is 7.74. The third-order valence-corrected chi connectivity index (χ3v) is 8.40. The van der Waals surface area contributed by atoms with Crippen molar-refractivity contribution < 1.29 is 13.3 Å². The van der Waals surface area contributed by atoms with Crippen LogP contribution in [0.3, 0.4) is 0 Å². The Morgan fingerprint density at radius 3 is 1.42 bits per heavy atom. The molecular weight excluding hydrogens is 305 g/mol. The van der Waals surface area contributed by atoms with Crippen molar-refractivity contribution in [1.82, 2.24) is 0 Å². The highest BCUT2D eigenvalue weighted by molar-refractivity contribution is 8.90. The lowest BCUT2D eigenvalue weighted by Gasteiger charge is -2.11. The molecule has 0 saturated heterocycles. The first-order chi connectivity index (χ1) is 8.94. The van der Waals surface area contributed by atoms with Gasteiger partial charge in [-0.2, -0.15) is 0 Å². The van der Waals surface area contributed by atoms with Crippen LogP contribution >= 0.6 is 28.3 Å². The van der Waals surface area contributed by atoms with Crippen molar-refractivity contribution in [2.75, 3.05) is 6.66 Å². The Hall–Kier alpha value is -0.770. The first-order valence-corrected chi connectivity index (χ1v) is 10.4. The monoisotopic (exact) mass is 316 g/mol. The Morgan fingerprint density at radius 2 is 1.11 bits per heavy atom. The lowest BCUT2D eigenvalue weighted by molar-refractivity contribution is 0.596. The van der Waals surface area contributed by atoms with Crippen LogP contribution in [0.15, 0.2) is 58.3 Å². The number of hydrogen-bond acceptors (Lipinski definition) is 3. The molecule has 2 rings (SSSR count). The molecule has 2 aromatic rings. The summed E-state index contributed by atoms with van der Waals surface area (Å²) >= 11 is 2.42. The van der Waals surface area contributed by atoms with E-state index < -0.39 is 5.55 Å². The Balaban J connectivity index is 2.08. The molecular formula is C13H11F2OPS2. The molecule has 0 spiro atoms. The maximum absolute atomic E-state index is 12.8. The van der Waals surface area contributed by atoms with Crippen LogP contribution in [0.1, 0.15) is 0 Å². The Bertz CT molecular complexity index is 548. The Kier molecular flexibility index (Phi) is 4.71. The van der Waals surface area contributed by atoms with Gasteiger partial charge in [-0.25, -0.2) is 8.78 Å². The van der Waals surface area contributed by atoms with E-state index in [4.69, 9.17) is 0 Å². The first-order valence-electron chi connectivity index (χ1n) is 5.42. The molecule has 2 aromatic carbocycles. The summed E-state index contributed by atoms with van der Waals surface area (Å²) in [6.07, 6.45) is 0. The predicted molar refractivity (Wildman–Crippen MR) is 78.0 cm³/mol. The van der Waals surface area contributed by atoms with E-state index in [1.165, 1.54) is 47.0 Å². The third-order valence-electron chi connectivity index (χ3n) is 2.17. The van der Waals surface area contributed by atoms with Gasteiger partial charge in [0.2, 0.25) is 0 Å². The van der Waals surface area contributed by atoms with Gasteiger partial charge in [0.25, 0.3) is 0 Å². The molecule has 0 amide bonds. The minimum atomic E-state index is -2.58. The summed E-state index contributed by atoms with van der Waals surface area (Å²) in [5.41, 5.74) is -2.58. The summed E-state index contributed by atoms with van der Waals surface area (Å²) in [6, 6.07) is 11.7. The van der Waals surface area contributed by atoms with E-state index in [9.17, 15) is 13.3 Å². The van der Waals surface area contributed by atoms with Crippen LogP contribution in [-0.4, -0.2) is 6.66 Å². The van der Waals surface area contributed by atoms with E-state index in [1.807, 2.05) is 0 Å². The van der Waals surface area contributed by atoms with Gasteiger partial charge in [0, 0.05) is 16.5 Å². The highest BCUT2D eigenvalue weighted by atomic mass is 33.1. The topological polar surface area (TPSA) is 17.1 Å². The van der Waals surface area contributed by atoms with E-state index in [-0.39, 0.29) is 11.6 Å². The summed E-state index contributed by atoms with van der Waals surface area (Å²) in [4.78, 5) is 1.50. The molecule has 0 heterocycles. The second-order valence-electron chi connectivity index (χ2n) is 3.86. The molecule has 0 atom stereocenters. The maximum Gasteiger partial charge on any atom is 0.197 e. The molecule has 0 fully saturated rings. The maximum atomic E-state index is 12.8. The van der Waals surface area contributed by atoms with Crippen LogP contribution in [-0.2, 0) is 4.57 Å². The molecule has 0 unspecified atom stereocenters. The number of hydrogen-bond donors (Lipinski definition) is 0. The molecule has 0 saturated carbocycles. The highest BCUT2D eigenvalue weighted by Crippen LogP contribution is 2.70. The van der Waals surface area contributed by atoms with Gasteiger partial charge in [-0.1, -0.05) is 0 Å². The summed E-state index contributed by atoms with van der Waals surface area (Å²) < 4.78 is 38.0. The molecule has 0 aromatic heterocycles. The molecule has 0 aliphatic heterocycles. The zero-order chi connectivity index (χ0) is 13.9. The third kappa shape index (κ3) is 4.68. The van der Waals surface area contributed by atoms with Crippen molar-refractivity contribution in [3.05, 3.63) is 60.2 Å². The summed E-state index contributed by atoms with van der Waals surface area (Å²) in [7, 11) is 0. The Morgan fingerprint density at radius 1 is 0.789 bits per heavy atom. The molecule has 19 heavy (non-hydrogen) atoms. The quantitative estimate of drug-likeness (QED) is 0.676. The van der Waals surface area contributed by atoms with Crippen molar-refractivity contribution in [1.29, 1.82) is 0 Å².